The first-order valence-corrected chi connectivity index (χ1v) is 4.90. The SMILES string of the molecule is BCCC(=O)Nc1ccc(C(F)(F)F)cc1. The van der Waals surface area contributed by atoms with Crippen LogP contribution in [0.5, 0.6) is 0 Å². The molecule has 0 aromatic heterocycles. The molecule has 1 amide bonds. The Morgan fingerprint density at radius 1 is 1.25 bits per heavy atom. The molecule has 0 saturated heterocycles. The molecule has 0 heterocycles. The third kappa shape index (κ3) is 3.60. The highest BCUT2D eigenvalue weighted by Crippen LogP contribution is 2.29. The smallest absolute Gasteiger partial charge is 0.326 e. The highest BCUT2D eigenvalue weighted by atomic mass is 19.4. The number of nitrogens with one attached hydrogen (secondary N) is 1. The summed E-state index contributed by atoms with van der Waals surface area (Å²) in [7, 11) is 1.85. The van der Waals surface area contributed by atoms with E-state index in [9.17, 15) is 18.0 Å². The number of rotatable bonds is 3. The van der Waals surface area contributed by atoms with E-state index in [1.54, 1.807) is 0 Å². The maximum absolute atomic E-state index is 12.2. The van der Waals surface area contributed by atoms with Gasteiger partial charge in [0, 0.05) is 12.1 Å². The van der Waals surface area contributed by atoms with Crippen molar-refractivity contribution in [3.63, 3.8) is 0 Å². The van der Waals surface area contributed by atoms with E-state index in [-0.39, 0.29) is 5.91 Å². The Kier molecular flexibility index (Phi) is 3.98. The zero-order chi connectivity index (χ0) is 12.2. The Morgan fingerprint density at radius 2 is 1.81 bits per heavy atom. The van der Waals surface area contributed by atoms with Gasteiger partial charge in [-0.2, -0.15) is 13.2 Å². The van der Waals surface area contributed by atoms with Crippen LogP contribution in [0.1, 0.15) is 12.0 Å². The summed E-state index contributed by atoms with van der Waals surface area (Å²) in [4.78, 5) is 11.2. The fourth-order valence-corrected chi connectivity index (χ4v) is 1.19. The molecule has 0 bridgehead atoms. The van der Waals surface area contributed by atoms with E-state index in [0.29, 0.717) is 18.4 Å². The first-order valence-electron chi connectivity index (χ1n) is 4.90. The predicted molar refractivity (Wildman–Crippen MR) is 58.0 cm³/mol. The quantitative estimate of drug-likeness (QED) is 0.790. The number of halogens is 3. The van der Waals surface area contributed by atoms with Gasteiger partial charge in [0.1, 0.15) is 7.85 Å². The summed E-state index contributed by atoms with van der Waals surface area (Å²) in [6.07, 6.45) is -3.28. The van der Waals surface area contributed by atoms with Crippen molar-refractivity contribution in [1.29, 1.82) is 0 Å². The van der Waals surface area contributed by atoms with Crippen LogP contribution < -0.4 is 5.32 Å². The van der Waals surface area contributed by atoms with Gasteiger partial charge in [0.15, 0.2) is 0 Å². The normalized spacial score (nSPS) is 11.2. The van der Waals surface area contributed by atoms with E-state index in [4.69, 9.17) is 0 Å². The van der Waals surface area contributed by atoms with Crippen LogP contribution in [0.2, 0.25) is 6.32 Å². The third-order valence-electron chi connectivity index (χ3n) is 1.97. The molecule has 1 aromatic carbocycles. The fourth-order valence-electron chi connectivity index (χ4n) is 1.19. The van der Waals surface area contributed by atoms with Crippen molar-refractivity contribution in [3.05, 3.63) is 29.8 Å². The van der Waals surface area contributed by atoms with Crippen molar-refractivity contribution < 1.29 is 18.0 Å². The molecule has 1 rings (SSSR count). The third-order valence-corrected chi connectivity index (χ3v) is 1.97. The molecule has 0 aliphatic carbocycles. The lowest BCUT2D eigenvalue weighted by Crippen LogP contribution is -2.11. The van der Waals surface area contributed by atoms with Crippen LogP contribution in [-0.2, 0) is 11.0 Å². The topological polar surface area (TPSA) is 29.1 Å². The Bertz CT molecular complexity index is 361. The summed E-state index contributed by atoms with van der Waals surface area (Å²) < 4.78 is 36.6. The van der Waals surface area contributed by atoms with Crippen LogP contribution in [0.25, 0.3) is 0 Å². The molecular formula is C10H11BF3NO. The van der Waals surface area contributed by atoms with Gasteiger partial charge in [0.25, 0.3) is 0 Å². The lowest BCUT2D eigenvalue weighted by molar-refractivity contribution is -0.137. The predicted octanol–water partition coefficient (Wildman–Crippen LogP) is 2.09. The van der Waals surface area contributed by atoms with Gasteiger partial charge in [-0.1, -0.05) is 6.32 Å². The molecule has 0 spiro atoms. The highest BCUT2D eigenvalue weighted by Gasteiger charge is 2.29. The van der Waals surface area contributed by atoms with E-state index in [1.807, 2.05) is 7.85 Å². The van der Waals surface area contributed by atoms with Crippen LogP contribution in [0.3, 0.4) is 0 Å². The lowest BCUT2D eigenvalue weighted by Gasteiger charge is -2.08. The van der Waals surface area contributed by atoms with Gasteiger partial charge in [-0.15, -0.1) is 0 Å². The minimum atomic E-state index is -4.34. The molecule has 1 N–H and O–H groups in total. The molecule has 0 unspecified atom stereocenters. The minimum absolute atomic E-state index is 0.192. The molecule has 0 saturated carbocycles. The van der Waals surface area contributed by atoms with Gasteiger partial charge < -0.3 is 5.32 Å². The Labute approximate surface area is 92.3 Å². The summed E-state index contributed by atoms with van der Waals surface area (Å²) in [5.41, 5.74) is -0.340. The zero-order valence-corrected chi connectivity index (χ0v) is 8.77. The summed E-state index contributed by atoms with van der Waals surface area (Å²) in [5, 5.41) is 2.52. The van der Waals surface area contributed by atoms with Gasteiger partial charge in [-0.3, -0.25) is 4.79 Å². The lowest BCUT2D eigenvalue weighted by atomic mass is 10.0. The number of benzene rings is 1. The molecule has 0 aliphatic heterocycles. The number of alkyl halides is 3. The molecule has 6 heteroatoms. The number of amides is 1. The number of anilines is 1. The van der Waals surface area contributed by atoms with Crippen LogP contribution in [0.15, 0.2) is 24.3 Å². The molecule has 0 atom stereocenters. The van der Waals surface area contributed by atoms with Gasteiger partial charge in [-0.25, -0.2) is 0 Å². The summed E-state index contributed by atoms with van der Waals surface area (Å²) in [6.45, 7) is 0. The van der Waals surface area contributed by atoms with E-state index in [2.05, 4.69) is 5.32 Å². The molecular weight excluding hydrogens is 218 g/mol. The first-order chi connectivity index (χ1) is 7.43. The van der Waals surface area contributed by atoms with E-state index in [1.165, 1.54) is 12.1 Å². The van der Waals surface area contributed by atoms with E-state index >= 15 is 0 Å². The Morgan fingerprint density at radius 3 is 2.25 bits per heavy atom. The van der Waals surface area contributed by atoms with E-state index < -0.39 is 11.7 Å². The second kappa shape index (κ2) is 5.05. The minimum Gasteiger partial charge on any atom is -0.326 e. The second-order valence-electron chi connectivity index (χ2n) is 3.37. The van der Waals surface area contributed by atoms with Crippen molar-refractivity contribution >= 4 is 19.4 Å². The highest BCUT2D eigenvalue weighted by molar-refractivity contribution is 6.10. The van der Waals surface area contributed by atoms with Gasteiger partial charge in [-0.05, 0) is 24.3 Å². The number of hydrogen-bond acceptors (Lipinski definition) is 1. The largest absolute Gasteiger partial charge is 0.416 e. The molecule has 0 aliphatic rings. The molecule has 2 nitrogen and oxygen atoms in total. The molecule has 0 fully saturated rings. The number of hydrogen-bond donors (Lipinski definition) is 1. The average molecular weight is 229 g/mol. The van der Waals surface area contributed by atoms with E-state index in [0.717, 1.165) is 12.1 Å². The second-order valence-corrected chi connectivity index (χ2v) is 3.37. The first kappa shape index (κ1) is 12.6. The van der Waals surface area contributed by atoms with Crippen LogP contribution >= 0.6 is 0 Å². The van der Waals surface area contributed by atoms with Crippen molar-refractivity contribution in [3.8, 4) is 0 Å². The van der Waals surface area contributed by atoms with Crippen LogP contribution in [0, 0.1) is 0 Å². The van der Waals surface area contributed by atoms with Crippen molar-refractivity contribution in [2.45, 2.75) is 18.9 Å². The Balaban J connectivity index is 2.69. The zero-order valence-electron chi connectivity index (χ0n) is 8.77. The van der Waals surface area contributed by atoms with Crippen molar-refractivity contribution in [1.82, 2.24) is 0 Å². The molecule has 0 radical (unpaired) electrons. The maximum atomic E-state index is 12.2. The fraction of sp³-hybridized carbons (Fsp3) is 0.300. The van der Waals surface area contributed by atoms with Crippen LogP contribution in [-0.4, -0.2) is 13.8 Å². The van der Waals surface area contributed by atoms with Crippen LogP contribution in [0.4, 0.5) is 18.9 Å². The standard InChI is InChI=1S/C10H11BF3NO/c11-6-5-9(16)15-8-3-1-7(2-4-8)10(12,13)14/h1-4H,5-6,11H2,(H,15,16). The summed E-state index contributed by atoms with van der Waals surface area (Å²) in [6, 6.07) is 4.38. The Hall–Kier alpha value is -1.46. The molecule has 16 heavy (non-hydrogen) atoms. The summed E-state index contributed by atoms with van der Waals surface area (Å²) in [5.74, 6) is -0.192. The van der Waals surface area contributed by atoms with Gasteiger partial charge in [0.2, 0.25) is 5.91 Å². The van der Waals surface area contributed by atoms with Crippen molar-refractivity contribution in [2.24, 2.45) is 0 Å². The van der Waals surface area contributed by atoms with Gasteiger partial charge in [0.05, 0.1) is 5.56 Å². The maximum Gasteiger partial charge on any atom is 0.416 e. The monoisotopic (exact) mass is 229 g/mol. The van der Waals surface area contributed by atoms with Gasteiger partial charge >= 0.3 is 6.18 Å². The number of carbonyl (C=O) groups is 1. The molecule has 1 aromatic rings. The summed E-state index contributed by atoms with van der Waals surface area (Å²) >= 11 is 0. The van der Waals surface area contributed by atoms with Crippen molar-refractivity contribution in [2.75, 3.05) is 5.32 Å². The molecule has 86 valence electrons. The number of carbonyl (C=O) groups excluding carboxylic acids is 1. The average Bonchev–Trinajstić information content (AvgIpc) is 2.17.